The number of unbranched alkanes of at least 4 members (excludes halogenated alkanes) is 1. The summed E-state index contributed by atoms with van der Waals surface area (Å²) in [7, 11) is -3.36. The molecule has 0 aliphatic carbocycles. The van der Waals surface area contributed by atoms with Crippen LogP contribution < -0.4 is 10.0 Å². The van der Waals surface area contributed by atoms with Gasteiger partial charge in [0.25, 0.3) is 0 Å². The SMILES string of the molecule is CCNCc1cc(S(=O)(=O)NCCCCC(C)C)c(C)s1. The molecule has 0 spiro atoms. The molecular formula is C15H28N2O2S2. The molecule has 1 aromatic rings. The van der Waals surface area contributed by atoms with Gasteiger partial charge in [0.1, 0.15) is 0 Å². The second-order valence-corrected chi connectivity index (χ2v) is 8.78. The molecule has 0 saturated carbocycles. The number of thiophene rings is 1. The Balaban J connectivity index is 2.55. The van der Waals surface area contributed by atoms with Gasteiger partial charge in [0.2, 0.25) is 10.0 Å². The predicted molar refractivity (Wildman–Crippen MR) is 90.3 cm³/mol. The number of sulfonamides is 1. The molecule has 0 bridgehead atoms. The average Bonchev–Trinajstić information content (AvgIpc) is 2.77. The maximum atomic E-state index is 12.3. The first-order valence-electron chi connectivity index (χ1n) is 7.66. The molecule has 0 saturated heterocycles. The average molecular weight is 333 g/mol. The lowest BCUT2D eigenvalue weighted by molar-refractivity contribution is 0.530. The molecule has 4 nitrogen and oxygen atoms in total. The lowest BCUT2D eigenvalue weighted by Gasteiger charge is -2.07. The molecule has 0 fully saturated rings. The molecule has 0 unspecified atom stereocenters. The van der Waals surface area contributed by atoms with E-state index in [1.54, 1.807) is 17.4 Å². The second kappa shape index (κ2) is 8.88. The van der Waals surface area contributed by atoms with Gasteiger partial charge in [-0.25, -0.2) is 13.1 Å². The maximum Gasteiger partial charge on any atom is 0.241 e. The fourth-order valence-electron chi connectivity index (χ4n) is 2.09. The van der Waals surface area contributed by atoms with E-state index < -0.39 is 10.0 Å². The van der Waals surface area contributed by atoms with E-state index >= 15 is 0 Å². The van der Waals surface area contributed by atoms with E-state index in [2.05, 4.69) is 23.9 Å². The fourth-order valence-corrected chi connectivity index (χ4v) is 4.77. The van der Waals surface area contributed by atoms with E-state index in [0.29, 0.717) is 17.4 Å². The molecule has 0 aliphatic heterocycles. The fraction of sp³-hybridized carbons (Fsp3) is 0.733. The zero-order chi connectivity index (χ0) is 15.9. The topological polar surface area (TPSA) is 58.2 Å². The van der Waals surface area contributed by atoms with Crippen molar-refractivity contribution in [2.75, 3.05) is 13.1 Å². The summed E-state index contributed by atoms with van der Waals surface area (Å²) in [6.07, 6.45) is 3.10. The molecule has 21 heavy (non-hydrogen) atoms. The van der Waals surface area contributed by atoms with Gasteiger partial charge >= 0.3 is 0 Å². The highest BCUT2D eigenvalue weighted by Crippen LogP contribution is 2.25. The van der Waals surface area contributed by atoms with Crippen LogP contribution in [0.4, 0.5) is 0 Å². The normalized spacial score (nSPS) is 12.2. The van der Waals surface area contributed by atoms with E-state index in [1.807, 2.05) is 13.8 Å². The Morgan fingerprint density at radius 3 is 2.62 bits per heavy atom. The summed E-state index contributed by atoms with van der Waals surface area (Å²) in [5.74, 6) is 0.675. The minimum absolute atomic E-state index is 0.435. The lowest BCUT2D eigenvalue weighted by atomic mass is 10.1. The molecule has 0 amide bonds. The monoisotopic (exact) mass is 332 g/mol. The molecule has 0 aromatic carbocycles. The van der Waals surface area contributed by atoms with Crippen LogP contribution in [0, 0.1) is 12.8 Å². The van der Waals surface area contributed by atoms with Crippen LogP contribution in [0.5, 0.6) is 0 Å². The van der Waals surface area contributed by atoms with Gasteiger partial charge < -0.3 is 5.32 Å². The molecule has 0 aliphatic rings. The Labute approximate surface area is 133 Å². The van der Waals surface area contributed by atoms with Crippen molar-refractivity contribution in [2.45, 2.75) is 58.4 Å². The van der Waals surface area contributed by atoms with Crippen molar-refractivity contribution in [3.05, 3.63) is 15.8 Å². The van der Waals surface area contributed by atoms with Crippen LogP contribution in [0.15, 0.2) is 11.0 Å². The summed E-state index contributed by atoms with van der Waals surface area (Å²) in [4.78, 5) is 2.36. The molecule has 0 radical (unpaired) electrons. The number of hydrogen-bond acceptors (Lipinski definition) is 4. The van der Waals surface area contributed by atoms with Crippen molar-refractivity contribution in [1.29, 1.82) is 0 Å². The van der Waals surface area contributed by atoms with Gasteiger partial charge in [-0.15, -0.1) is 11.3 Å². The highest BCUT2D eigenvalue weighted by atomic mass is 32.2. The summed E-state index contributed by atoms with van der Waals surface area (Å²) >= 11 is 1.55. The van der Waals surface area contributed by atoms with Gasteiger partial charge in [-0.05, 0) is 31.9 Å². The molecule has 6 heteroatoms. The highest BCUT2D eigenvalue weighted by molar-refractivity contribution is 7.89. The van der Waals surface area contributed by atoms with E-state index in [-0.39, 0.29) is 0 Å². The van der Waals surface area contributed by atoms with E-state index in [9.17, 15) is 8.42 Å². The van der Waals surface area contributed by atoms with Crippen LogP contribution in [0.1, 0.15) is 49.8 Å². The van der Waals surface area contributed by atoms with E-state index in [4.69, 9.17) is 0 Å². The predicted octanol–water partition coefficient (Wildman–Crippen LogP) is 3.27. The first-order chi connectivity index (χ1) is 9.86. The van der Waals surface area contributed by atoms with Gasteiger partial charge in [0, 0.05) is 22.8 Å². The van der Waals surface area contributed by atoms with Gasteiger partial charge in [0.05, 0.1) is 4.90 Å². The van der Waals surface area contributed by atoms with Gasteiger partial charge in [-0.1, -0.05) is 33.6 Å². The number of nitrogens with one attached hydrogen (secondary N) is 2. The number of aryl methyl sites for hydroxylation is 1. The Morgan fingerprint density at radius 1 is 1.29 bits per heavy atom. The third-order valence-electron chi connectivity index (χ3n) is 3.26. The summed E-state index contributed by atoms with van der Waals surface area (Å²) < 4.78 is 27.3. The minimum Gasteiger partial charge on any atom is -0.312 e. The van der Waals surface area contributed by atoms with Gasteiger partial charge in [-0.2, -0.15) is 0 Å². The Kier molecular flexibility index (Phi) is 7.87. The van der Waals surface area contributed by atoms with Crippen molar-refractivity contribution in [3.63, 3.8) is 0 Å². The largest absolute Gasteiger partial charge is 0.312 e. The summed E-state index contributed by atoms with van der Waals surface area (Å²) in [6, 6.07) is 1.79. The summed E-state index contributed by atoms with van der Waals surface area (Å²) in [5.41, 5.74) is 0. The van der Waals surface area contributed by atoms with Crippen molar-refractivity contribution < 1.29 is 8.42 Å². The lowest BCUT2D eigenvalue weighted by Crippen LogP contribution is -2.25. The number of hydrogen-bond donors (Lipinski definition) is 2. The Bertz CT molecular complexity index is 522. The molecule has 0 atom stereocenters. The van der Waals surface area contributed by atoms with Crippen LogP contribution in [0.3, 0.4) is 0 Å². The Morgan fingerprint density at radius 2 is 2.00 bits per heavy atom. The van der Waals surface area contributed by atoms with Crippen LogP contribution >= 0.6 is 11.3 Å². The number of rotatable bonds is 10. The van der Waals surface area contributed by atoms with Gasteiger partial charge in [-0.3, -0.25) is 0 Å². The first-order valence-corrected chi connectivity index (χ1v) is 9.96. The third-order valence-corrected chi connectivity index (χ3v) is 6.03. The van der Waals surface area contributed by atoms with Crippen molar-refractivity contribution in [2.24, 2.45) is 5.92 Å². The maximum absolute atomic E-state index is 12.3. The highest BCUT2D eigenvalue weighted by Gasteiger charge is 2.19. The molecule has 1 aromatic heterocycles. The van der Waals surface area contributed by atoms with E-state index in [0.717, 1.165) is 42.1 Å². The van der Waals surface area contributed by atoms with Crippen molar-refractivity contribution in [1.82, 2.24) is 10.0 Å². The van der Waals surface area contributed by atoms with Crippen molar-refractivity contribution in [3.8, 4) is 0 Å². The van der Waals surface area contributed by atoms with Crippen LogP contribution in [0.25, 0.3) is 0 Å². The van der Waals surface area contributed by atoms with Crippen molar-refractivity contribution >= 4 is 21.4 Å². The zero-order valence-corrected chi connectivity index (χ0v) is 15.2. The second-order valence-electron chi connectivity index (χ2n) is 5.70. The third kappa shape index (κ3) is 6.46. The molecule has 1 heterocycles. The van der Waals surface area contributed by atoms with E-state index in [1.165, 1.54) is 0 Å². The zero-order valence-electron chi connectivity index (χ0n) is 13.5. The molecular weight excluding hydrogens is 304 g/mol. The first kappa shape index (κ1) is 18.6. The summed E-state index contributed by atoms with van der Waals surface area (Å²) in [6.45, 7) is 10.4. The van der Waals surface area contributed by atoms with Gasteiger partial charge in [0.15, 0.2) is 0 Å². The standard InChI is InChI=1S/C15H28N2O2S2/c1-5-16-11-14-10-15(13(4)20-14)21(18,19)17-9-7-6-8-12(2)3/h10,12,16-17H,5-9,11H2,1-4H3. The Hall–Kier alpha value is -0.430. The molecule has 122 valence electrons. The smallest absolute Gasteiger partial charge is 0.241 e. The molecule has 2 N–H and O–H groups in total. The quantitative estimate of drug-likeness (QED) is 0.647. The van der Waals surface area contributed by atoms with Crippen LogP contribution in [-0.4, -0.2) is 21.5 Å². The minimum atomic E-state index is -3.36. The summed E-state index contributed by atoms with van der Waals surface area (Å²) in [5, 5.41) is 3.22. The van der Waals surface area contributed by atoms with Crippen LogP contribution in [0.2, 0.25) is 0 Å². The van der Waals surface area contributed by atoms with Crippen LogP contribution in [-0.2, 0) is 16.6 Å². The molecule has 1 rings (SSSR count).